The number of halogens is 3. The lowest BCUT2D eigenvalue weighted by molar-refractivity contribution is -0.196. The predicted molar refractivity (Wildman–Crippen MR) is 61.6 cm³/mol. The normalized spacial score (nSPS) is 32.9. The zero-order valence-corrected chi connectivity index (χ0v) is 10.3. The van der Waals surface area contributed by atoms with Crippen LogP contribution in [0.1, 0.15) is 6.23 Å². The number of aromatic nitrogens is 4. The van der Waals surface area contributed by atoms with E-state index in [0.717, 1.165) is 6.33 Å². The molecular weight excluding hydrogens is 295 g/mol. The van der Waals surface area contributed by atoms with Gasteiger partial charge >= 0.3 is 0 Å². The maximum Gasteiger partial charge on any atom is 0.293 e. The van der Waals surface area contributed by atoms with Crippen LogP contribution in [0.5, 0.6) is 0 Å². The number of anilines is 1. The Kier molecular flexibility index (Phi) is 3.00. The van der Waals surface area contributed by atoms with Gasteiger partial charge in [0, 0.05) is 0 Å². The summed E-state index contributed by atoms with van der Waals surface area (Å²) in [6, 6.07) is 0. The highest BCUT2D eigenvalue weighted by Crippen LogP contribution is 2.41. The van der Waals surface area contributed by atoms with Crippen LogP contribution in [0.3, 0.4) is 0 Å². The van der Waals surface area contributed by atoms with E-state index in [-0.39, 0.29) is 17.0 Å². The van der Waals surface area contributed by atoms with Crippen LogP contribution in [-0.4, -0.2) is 54.5 Å². The first kappa shape index (κ1) is 14.0. The Hall–Kier alpha value is -1.98. The van der Waals surface area contributed by atoms with Gasteiger partial charge in [0.05, 0.1) is 0 Å². The van der Waals surface area contributed by atoms with Gasteiger partial charge in [0.15, 0.2) is 29.4 Å². The molecule has 2 aromatic rings. The third kappa shape index (κ3) is 1.85. The molecule has 0 spiro atoms. The van der Waals surface area contributed by atoms with E-state index >= 15 is 0 Å². The molecule has 0 bridgehead atoms. The van der Waals surface area contributed by atoms with Gasteiger partial charge in [-0.1, -0.05) is 0 Å². The predicted octanol–water partition coefficient (Wildman–Crippen LogP) is -0.567. The summed E-state index contributed by atoms with van der Waals surface area (Å²) in [5.74, 6) is -3.29. The first-order chi connectivity index (χ1) is 9.89. The number of fused-ring (bicyclic) bond motifs is 1. The first-order valence-electron chi connectivity index (χ1n) is 5.82. The zero-order chi connectivity index (χ0) is 15.4. The van der Waals surface area contributed by atoms with E-state index in [1.165, 1.54) is 0 Å². The Morgan fingerprint density at radius 1 is 1.48 bits per heavy atom. The molecule has 0 aliphatic carbocycles. The van der Waals surface area contributed by atoms with Crippen molar-refractivity contribution in [3.05, 3.63) is 12.4 Å². The molecule has 0 saturated carbocycles. The number of nitrogens with zero attached hydrogens (tertiary/aromatic N) is 4. The molecule has 3 heterocycles. The monoisotopic (exact) mass is 305 g/mol. The average Bonchev–Trinajstić information content (AvgIpc) is 2.90. The van der Waals surface area contributed by atoms with Crippen LogP contribution in [0.4, 0.5) is 19.0 Å². The van der Waals surface area contributed by atoms with Gasteiger partial charge in [0.1, 0.15) is 19.0 Å². The molecule has 114 valence electrons. The lowest BCUT2D eigenvalue weighted by Gasteiger charge is -2.18. The number of aliphatic hydroxyl groups is 2. The molecule has 0 amide bonds. The Bertz CT molecular complexity index is 698. The van der Waals surface area contributed by atoms with E-state index in [4.69, 9.17) is 10.8 Å². The summed E-state index contributed by atoms with van der Waals surface area (Å²) in [4.78, 5) is 10.7. The summed E-state index contributed by atoms with van der Waals surface area (Å²) in [6.07, 6.45) is -6.64. The molecule has 8 nitrogen and oxygen atoms in total. The quantitative estimate of drug-likeness (QED) is 0.636. The standard InChI is InChI=1S/C10H10F3N5O3/c11-5-4(20)8(21-10(5,13)1-19)18-7-3(17-9(18)12)6(14)15-2-16-7/h2,4-5,8,19-20H,1H2,(H2,14,15,16)/t4-,5+,8-,10-/m1/s1. The van der Waals surface area contributed by atoms with Crippen LogP contribution >= 0.6 is 0 Å². The third-order valence-electron chi connectivity index (χ3n) is 3.25. The van der Waals surface area contributed by atoms with Crippen LogP contribution in [-0.2, 0) is 4.74 Å². The van der Waals surface area contributed by atoms with Gasteiger partial charge < -0.3 is 20.7 Å². The minimum Gasteiger partial charge on any atom is -0.390 e. The minimum atomic E-state index is -3.15. The number of aliphatic hydroxyl groups excluding tert-OH is 2. The molecular formula is C10H10F3N5O3. The van der Waals surface area contributed by atoms with Gasteiger partial charge in [0.25, 0.3) is 11.9 Å². The average molecular weight is 305 g/mol. The topological polar surface area (TPSA) is 119 Å². The fraction of sp³-hybridized carbons (Fsp3) is 0.500. The Morgan fingerprint density at radius 3 is 2.81 bits per heavy atom. The van der Waals surface area contributed by atoms with E-state index < -0.39 is 37.0 Å². The summed E-state index contributed by atoms with van der Waals surface area (Å²) in [7, 11) is 0. The van der Waals surface area contributed by atoms with E-state index in [1.807, 2.05) is 0 Å². The van der Waals surface area contributed by atoms with E-state index in [1.54, 1.807) is 0 Å². The van der Waals surface area contributed by atoms with Crippen molar-refractivity contribution in [2.24, 2.45) is 0 Å². The van der Waals surface area contributed by atoms with Crippen molar-refractivity contribution >= 4 is 17.0 Å². The fourth-order valence-electron chi connectivity index (χ4n) is 2.19. The van der Waals surface area contributed by atoms with Crippen molar-refractivity contribution in [1.29, 1.82) is 0 Å². The highest BCUT2D eigenvalue weighted by Gasteiger charge is 2.57. The maximum atomic E-state index is 13.9. The van der Waals surface area contributed by atoms with Gasteiger partial charge in [-0.15, -0.1) is 0 Å². The molecule has 1 aliphatic rings. The van der Waals surface area contributed by atoms with Gasteiger partial charge in [-0.25, -0.2) is 18.7 Å². The summed E-state index contributed by atoms with van der Waals surface area (Å²) < 4.78 is 46.7. The summed E-state index contributed by atoms with van der Waals surface area (Å²) in [5.41, 5.74) is 5.16. The van der Waals surface area contributed by atoms with E-state index in [0.29, 0.717) is 4.57 Å². The number of alkyl halides is 2. The van der Waals surface area contributed by atoms with Crippen molar-refractivity contribution in [1.82, 2.24) is 19.5 Å². The van der Waals surface area contributed by atoms with Crippen molar-refractivity contribution in [2.45, 2.75) is 24.4 Å². The number of hydrogen-bond acceptors (Lipinski definition) is 7. The minimum absolute atomic E-state index is 0.137. The molecule has 3 rings (SSSR count). The number of nitrogens with two attached hydrogens (primary N) is 1. The Balaban J connectivity index is 2.14. The summed E-state index contributed by atoms with van der Waals surface area (Å²) in [5, 5.41) is 18.5. The van der Waals surface area contributed by atoms with Gasteiger partial charge in [0.2, 0.25) is 0 Å². The van der Waals surface area contributed by atoms with Gasteiger partial charge in [-0.05, 0) is 0 Å². The number of hydrogen-bond donors (Lipinski definition) is 3. The second-order valence-electron chi connectivity index (χ2n) is 4.53. The highest BCUT2D eigenvalue weighted by molar-refractivity contribution is 5.81. The van der Waals surface area contributed by atoms with E-state index in [2.05, 4.69) is 19.7 Å². The molecule has 21 heavy (non-hydrogen) atoms. The van der Waals surface area contributed by atoms with Gasteiger partial charge in [-0.2, -0.15) is 9.37 Å². The molecule has 0 unspecified atom stereocenters. The number of ether oxygens (including phenoxy) is 1. The smallest absolute Gasteiger partial charge is 0.293 e. The second-order valence-corrected chi connectivity index (χ2v) is 4.53. The molecule has 2 aromatic heterocycles. The number of nitrogen functional groups attached to an aromatic ring is 1. The lowest BCUT2D eigenvalue weighted by atomic mass is 10.1. The van der Waals surface area contributed by atoms with Crippen molar-refractivity contribution < 1.29 is 28.1 Å². The fourth-order valence-corrected chi connectivity index (χ4v) is 2.19. The van der Waals surface area contributed by atoms with Gasteiger partial charge in [-0.3, -0.25) is 4.57 Å². The summed E-state index contributed by atoms with van der Waals surface area (Å²) >= 11 is 0. The molecule has 4 N–H and O–H groups in total. The van der Waals surface area contributed by atoms with E-state index in [9.17, 15) is 18.3 Å². The molecule has 0 aromatic carbocycles. The SMILES string of the molecule is Nc1ncnc2c1nc(F)n2[C@@H]1O[C@](F)(CO)[C@@H](F)[C@H]1O. The van der Waals surface area contributed by atoms with Crippen LogP contribution in [0.15, 0.2) is 6.33 Å². The van der Waals surface area contributed by atoms with Crippen LogP contribution in [0, 0.1) is 6.08 Å². The lowest BCUT2D eigenvalue weighted by Crippen LogP contribution is -2.39. The largest absolute Gasteiger partial charge is 0.390 e. The number of rotatable bonds is 2. The molecule has 11 heteroatoms. The zero-order valence-electron chi connectivity index (χ0n) is 10.3. The molecule has 0 radical (unpaired) electrons. The third-order valence-corrected chi connectivity index (χ3v) is 3.25. The van der Waals surface area contributed by atoms with Crippen LogP contribution in [0.2, 0.25) is 0 Å². The first-order valence-corrected chi connectivity index (χ1v) is 5.82. The second kappa shape index (κ2) is 4.51. The van der Waals surface area contributed by atoms with Crippen molar-refractivity contribution in [3.8, 4) is 0 Å². The summed E-state index contributed by atoms with van der Waals surface area (Å²) in [6.45, 7) is -1.34. The molecule has 4 atom stereocenters. The molecule has 1 saturated heterocycles. The van der Waals surface area contributed by atoms with Crippen molar-refractivity contribution in [2.75, 3.05) is 12.3 Å². The molecule has 1 aliphatic heterocycles. The van der Waals surface area contributed by atoms with Crippen molar-refractivity contribution in [3.63, 3.8) is 0 Å². The maximum absolute atomic E-state index is 13.9. The highest BCUT2D eigenvalue weighted by atomic mass is 19.2. The Labute approximate surface area is 115 Å². The van der Waals surface area contributed by atoms with Crippen LogP contribution < -0.4 is 5.73 Å². The van der Waals surface area contributed by atoms with Crippen LogP contribution in [0.25, 0.3) is 11.2 Å². The Morgan fingerprint density at radius 2 is 2.19 bits per heavy atom. The number of imidazole rings is 1. The molecule has 1 fully saturated rings.